The molecule has 6 nitrogen and oxygen atoms in total. The van der Waals surface area contributed by atoms with Crippen LogP contribution in [-0.2, 0) is 6.54 Å². The summed E-state index contributed by atoms with van der Waals surface area (Å²) in [5.41, 5.74) is 12.7. The molecule has 0 saturated carbocycles. The molecule has 168 valence electrons. The van der Waals surface area contributed by atoms with Crippen LogP contribution in [0, 0.1) is 12.8 Å². The molecule has 33 heavy (non-hydrogen) atoms. The highest BCUT2D eigenvalue weighted by molar-refractivity contribution is 5.91. The molecular formula is C27H29N5O. The third kappa shape index (κ3) is 4.10. The highest BCUT2D eigenvalue weighted by Gasteiger charge is 2.17. The highest BCUT2D eigenvalue weighted by Crippen LogP contribution is 2.28. The number of rotatable bonds is 5. The average molecular weight is 440 g/mol. The first kappa shape index (κ1) is 21.2. The fraction of sp³-hybridized carbons (Fsp3) is 0.259. The molecule has 0 unspecified atom stereocenters. The van der Waals surface area contributed by atoms with E-state index in [0.29, 0.717) is 5.92 Å². The minimum Gasteiger partial charge on any atom is -0.364 e. The molecule has 1 aliphatic rings. The molecule has 6 heteroatoms. The average Bonchev–Trinajstić information content (AvgIpc) is 3.38. The van der Waals surface area contributed by atoms with Gasteiger partial charge in [0, 0.05) is 42.4 Å². The van der Waals surface area contributed by atoms with Gasteiger partial charge in [0.15, 0.2) is 5.69 Å². The molecule has 0 spiro atoms. The number of aromatic nitrogens is 3. The van der Waals surface area contributed by atoms with E-state index in [-0.39, 0.29) is 5.69 Å². The molecule has 0 saturated heterocycles. The Morgan fingerprint density at radius 2 is 1.91 bits per heavy atom. The Labute approximate surface area is 193 Å². The van der Waals surface area contributed by atoms with Crippen LogP contribution in [0.25, 0.3) is 22.2 Å². The lowest BCUT2D eigenvalue weighted by Gasteiger charge is -2.28. The molecule has 0 fully saturated rings. The number of likely N-dealkylation sites (N-methyl/N-ethyl adjacent to an activating group) is 1. The molecule has 5 rings (SSSR count). The van der Waals surface area contributed by atoms with Crippen molar-refractivity contribution in [3.8, 4) is 5.69 Å². The summed E-state index contributed by atoms with van der Waals surface area (Å²) in [6.07, 6.45) is 4.47. The maximum Gasteiger partial charge on any atom is 0.269 e. The molecule has 0 radical (unpaired) electrons. The Morgan fingerprint density at radius 3 is 2.61 bits per heavy atom. The number of fused-ring (bicyclic) bond motifs is 1. The summed E-state index contributed by atoms with van der Waals surface area (Å²) in [4.78, 5) is 13.8. The molecule has 0 aliphatic carbocycles. The maximum absolute atomic E-state index is 11.5. The molecule has 1 amide bonds. The minimum atomic E-state index is -0.517. The summed E-state index contributed by atoms with van der Waals surface area (Å²) in [5.74, 6) is 0.0336. The summed E-state index contributed by atoms with van der Waals surface area (Å²) in [7, 11) is 2.17. The monoisotopic (exact) mass is 439 g/mol. The van der Waals surface area contributed by atoms with Crippen LogP contribution in [0.5, 0.6) is 0 Å². The van der Waals surface area contributed by atoms with Crippen LogP contribution >= 0.6 is 0 Å². The normalized spacial score (nSPS) is 16.8. The number of hydrogen-bond acceptors (Lipinski definition) is 3. The highest BCUT2D eigenvalue weighted by atomic mass is 16.1. The van der Waals surface area contributed by atoms with Gasteiger partial charge in [-0.05, 0) is 66.9 Å². The van der Waals surface area contributed by atoms with Crippen LogP contribution in [0.4, 0.5) is 0 Å². The van der Waals surface area contributed by atoms with Gasteiger partial charge in [-0.2, -0.15) is 5.10 Å². The van der Waals surface area contributed by atoms with Gasteiger partial charge in [0.25, 0.3) is 5.91 Å². The van der Waals surface area contributed by atoms with Crippen LogP contribution in [0.2, 0.25) is 0 Å². The van der Waals surface area contributed by atoms with E-state index in [1.165, 1.54) is 16.7 Å². The predicted octanol–water partition coefficient (Wildman–Crippen LogP) is 4.25. The first-order chi connectivity index (χ1) is 15.9. The molecule has 2 aromatic carbocycles. The standard InChI is InChI=1S/C27H29N5O/c1-18-16-30(3)12-11-24(18)21-6-4-20(5-7-21)17-31-13-10-22-15-23(8-9-26(22)31)32-19(2)14-25(29-32)27(28)33/h4-11,13-15,18H,12,16-17H2,1-3H3,(H2,28,33)/t18-/m1/s1. The zero-order valence-electron chi connectivity index (χ0n) is 19.3. The fourth-order valence-corrected chi connectivity index (χ4v) is 4.81. The largest absolute Gasteiger partial charge is 0.364 e. The Morgan fingerprint density at radius 1 is 1.12 bits per heavy atom. The summed E-state index contributed by atoms with van der Waals surface area (Å²) >= 11 is 0. The van der Waals surface area contributed by atoms with Crippen LogP contribution in [-0.4, -0.2) is 45.3 Å². The Bertz CT molecular complexity index is 1360. The number of amides is 1. The second-order valence-electron chi connectivity index (χ2n) is 9.11. The van der Waals surface area contributed by atoms with Gasteiger partial charge < -0.3 is 15.2 Å². The molecule has 0 bridgehead atoms. The van der Waals surface area contributed by atoms with Crippen molar-refractivity contribution in [2.24, 2.45) is 11.7 Å². The van der Waals surface area contributed by atoms with Crippen molar-refractivity contribution in [2.75, 3.05) is 20.1 Å². The van der Waals surface area contributed by atoms with Crippen molar-refractivity contribution in [1.29, 1.82) is 0 Å². The molecule has 3 heterocycles. The second-order valence-corrected chi connectivity index (χ2v) is 9.11. The molecule has 2 N–H and O–H groups in total. The lowest BCUT2D eigenvalue weighted by molar-refractivity contribution is 0.0995. The van der Waals surface area contributed by atoms with Crippen molar-refractivity contribution < 1.29 is 4.79 Å². The number of carbonyl (C=O) groups is 1. The zero-order valence-corrected chi connectivity index (χ0v) is 19.3. The van der Waals surface area contributed by atoms with Gasteiger partial charge in [0.2, 0.25) is 0 Å². The van der Waals surface area contributed by atoms with E-state index in [1.807, 2.05) is 13.0 Å². The third-order valence-corrected chi connectivity index (χ3v) is 6.52. The van der Waals surface area contributed by atoms with E-state index in [9.17, 15) is 4.79 Å². The van der Waals surface area contributed by atoms with Gasteiger partial charge >= 0.3 is 0 Å². The lowest BCUT2D eigenvalue weighted by Crippen LogP contribution is -2.29. The lowest BCUT2D eigenvalue weighted by atomic mass is 9.90. The summed E-state index contributed by atoms with van der Waals surface area (Å²) in [6, 6.07) is 19.0. The fourth-order valence-electron chi connectivity index (χ4n) is 4.81. The van der Waals surface area contributed by atoms with Crippen molar-refractivity contribution >= 4 is 22.4 Å². The summed E-state index contributed by atoms with van der Waals surface area (Å²) in [6.45, 7) is 7.15. The van der Waals surface area contributed by atoms with Gasteiger partial charge in [-0.1, -0.05) is 37.3 Å². The summed E-state index contributed by atoms with van der Waals surface area (Å²) < 4.78 is 4.02. The number of carbonyl (C=O) groups excluding carboxylic acids is 1. The number of benzene rings is 2. The van der Waals surface area contributed by atoms with Crippen molar-refractivity contribution in [3.63, 3.8) is 0 Å². The third-order valence-electron chi connectivity index (χ3n) is 6.52. The maximum atomic E-state index is 11.5. The Kier molecular flexibility index (Phi) is 5.38. The molecule has 2 aromatic heterocycles. The summed E-state index contributed by atoms with van der Waals surface area (Å²) in [5, 5.41) is 5.47. The number of hydrogen-bond donors (Lipinski definition) is 1. The van der Waals surface area contributed by atoms with Gasteiger partial charge in [0.1, 0.15) is 0 Å². The molecule has 4 aromatic rings. The number of primary amides is 1. The van der Waals surface area contributed by atoms with E-state index >= 15 is 0 Å². The van der Waals surface area contributed by atoms with Crippen molar-refractivity contribution in [1.82, 2.24) is 19.2 Å². The van der Waals surface area contributed by atoms with E-state index in [1.54, 1.807) is 10.7 Å². The van der Waals surface area contributed by atoms with E-state index in [0.717, 1.165) is 41.9 Å². The second kappa shape index (κ2) is 8.37. The van der Waals surface area contributed by atoms with Gasteiger partial charge in [-0.25, -0.2) is 4.68 Å². The van der Waals surface area contributed by atoms with Crippen molar-refractivity contribution in [2.45, 2.75) is 20.4 Å². The Balaban J connectivity index is 1.37. The Hall–Kier alpha value is -3.64. The first-order valence-corrected chi connectivity index (χ1v) is 11.3. The number of nitrogens with zero attached hydrogens (tertiary/aromatic N) is 4. The van der Waals surface area contributed by atoms with Gasteiger partial charge in [-0.15, -0.1) is 0 Å². The molecular weight excluding hydrogens is 410 g/mol. The quantitative estimate of drug-likeness (QED) is 0.506. The smallest absolute Gasteiger partial charge is 0.269 e. The number of nitrogens with two attached hydrogens (primary N) is 1. The molecule has 1 atom stereocenters. The molecule has 1 aliphatic heterocycles. The van der Waals surface area contributed by atoms with Gasteiger partial charge in [-0.3, -0.25) is 4.79 Å². The predicted molar refractivity (Wildman–Crippen MR) is 132 cm³/mol. The minimum absolute atomic E-state index is 0.277. The SMILES string of the molecule is Cc1cc(C(N)=O)nn1-c1ccc2c(ccn2Cc2ccc(C3=CCN(C)C[C@H]3C)cc2)c1. The van der Waals surface area contributed by atoms with E-state index in [4.69, 9.17) is 5.73 Å². The van der Waals surface area contributed by atoms with Gasteiger partial charge in [0.05, 0.1) is 5.69 Å². The van der Waals surface area contributed by atoms with Crippen LogP contribution in [0.1, 0.15) is 34.2 Å². The van der Waals surface area contributed by atoms with Crippen LogP contribution < -0.4 is 5.73 Å². The topological polar surface area (TPSA) is 69.1 Å². The van der Waals surface area contributed by atoms with Crippen LogP contribution in [0.3, 0.4) is 0 Å². The van der Waals surface area contributed by atoms with E-state index in [2.05, 4.69) is 83.3 Å². The van der Waals surface area contributed by atoms with Crippen molar-refractivity contribution in [3.05, 3.63) is 89.4 Å². The van der Waals surface area contributed by atoms with E-state index < -0.39 is 5.91 Å². The van der Waals surface area contributed by atoms with Crippen LogP contribution in [0.15, 0.2) is 66.9 Å². The zero-order chi connectivity index (χ0) is 23.1. The number of aryl methyl sites for hydroxylation is 1. The first-order valence-electron chi connectivity index (χ1n) is 11.3.